The molecule has 3 aromatic rings. The van der Waals surface area contributed by atoms with Gasteiger partial charge in [0.05, 0.1) is 20.5 Å². The van der Waals surface area contributed by atoms with E-state index in [1.807, 2.05) is 0 Å². The Morgan fingerprint density at radius 3 is 2.26 bits per heavy atom. The number of hydrogen-bond acceptors (Lipinski definition) is 6. The van der Waals surface area contributed by atoms with Gasteiger partial charge in [-0.2, -0.15) is 0 Å². The number of benzene rings is 3. The van der Waals surface area contributed by atoms with Gasteiger partial charge < -0.3 is 20.1 Å². The number of carbonyl (C=O) groups is 2. The number of rotatable bonds is 7. The van der Waals surface area contributed by atoms with E-state index in [1.54, 1.807) is 18.2 Å². The number of carboxylic acid groups (broad SMARTS) is 1. The molecule has 0 bridgehead atoms. The van der Waals surface area contributed by atoms with Crippen LogP contribution in [0.4, 0.5) is 0 Å². The highest BCUT2D eigenvalue weighted by molar-refractivity contribution is 7.90. The predicted molar refractivity (Wildman–Crippen MR) is 147 cm³/mol. The Morgan fingerprint density at radius 2 is 1.68 bits per heavy atom. The highest BCUT2D eigenvalue weighted by Crippen LogP contribution is 2.39. The summed E-state index contributed by atoms with van der Waals surface area (Å²) in [6.07, 6.45) is 0.844. The standard InChI is InChI=1S/C26H22Cl2NO7PS/c1-37(34,19-7-4-6-18(30)15-19)10-9-17-12-21(27)24(22(28)13-17)25(31)29-23(26(32)33)14-16-5-3-8-20(11-16)38(2,35)36/h3-8,11-13,15,23,30H,14H2,1-2H3,(H,29,31)(H,32,33). The summed E-state index contributed by atoms with van der Waals surface area (Å²) in [5, 5.41) is 21.8. The van der Waals surface area contributed by atoms with Crippen molar-refractivity contribution in [1.82, 2.24) is 5.32 Å². The van der Waals surface area contributed by atoms with E-state index in [-0.39, 0.29) is 38.2 Å². The second kappa shape index (κ2) is 11.6. The van der Waals surface area contributed by atoms with E-state index in [0.717, 1.165) is 6.26 Å². The maximum Gasteiger partial charge on any atom is 0.326 e. The van der Waals surface area contributed by atoms with Gasteiger partial charge in [-0.1, -0.05) is 53.4 Å². The number of carboxylic acids is 1. The van der Waals surface area contributed by atoms with Crippen LogP contribution in [0.5, 0.6) is 5.75 Å². The average molecular weight is 594 g/mol. The second-order valence-corrected chi connectivity index (χ2v) is 13.9. The summed E-state index contributed by atoms with van der Waals surface area (Å²) < 4.78 is 36.6. The number of phenolic OH excluding ortho intramolecular Hbond substituents is 1. The minimum absolute atomic E-state index is 0.0222. The van der Waals surface area contributed by atoms with Crippen LogP contribution >= 0.6 is 30.3 Å². The monoisotopic (exact) mass is 593 g/mol. The van der Waals surface area contributed by atoms with Crippen molar-refractivity contribution in [2.24, 2.45) is 0 Å². The lowest BCUT2D eigenvalue weighted by molar-refractivity contribution is -0.139. The molecule has 198 valence electrons. The first-order chi connectivity index (χ1) is 17.7. The Morgan fingerprint density at radius 1 is 1.05 bits per heavy atom. The van der Waals surface area contributed by atoms with Crippen molar-refractivity contribution in [1.29, 1.82) is 0 Å². The third-order valence-corrected chi connectivity index (χ3v) is 8.88. The smallest absolute Gasteiger partial charge is 0.326 e. The summed E-state index contributed by atoms with van der Waals surface area (Å²) in [7, 11) is -6.67. The van der Waals surface area contributed by atoms with Crippen molar-refractivity contribution >= 4 is 57.4 Å². The first-order valence-electron chi connectivity index (χ1n) is 10.9. The van der Waals surface area contributed by atoms with E-state index in [0.29, 0.717) is 10.9 Å². The van der Waals surface area contributed by atoms with Crippen LogP contribution in [0.2, 0.25) is 10.0 Å². The fraction of sp³-hybridized carbons (Fsp3) is 0.154. The minimum Gasteiger partial charge on any atom is -0.508 e. The fourth-order valence-corrected chi connectivity index (χ4v) is 6.00. The molecular weight excluding hydrogens is 572 g/mol. The van der Waals surface area contributed by atoms with Crippen LogP contribution in [0.3, 0.4) is 0 Å². The quantitative estimate of drug-likeness (QED) is 0.276. The lowest BCUT2D eigenvalue weighted by atomic mass is 10.0. The lowest BCUT2D eigenvalue weighted by Crippen LogP contribution is -2.42. The molecule has 1 amide bonds. The number of amides is 1. The molecule has 0 aliphatic rings. The average Bonchev–Trinajstić information content (AvgIpc) is 2.81. The van der Waals surface area contributed by atoms with E-state index in [4.69, 9.17) is 23.2 Å². The van der Waals surface area contributed by atoms with Crippen molar-refractivity contribution in [3.8, 4) is 17.3 Å². The number of sulfone groups is 1. The molecule has 38 heavy (non-hydrogen) atoms. The van der Waals surface area contributed by atoms with Gasteiger partial charge in [-0.25, -0.2) is 13.2 Å². The molecule has 3 rings (SSSR count). The largest absolute Gasteiger partial charge is 0.508 e. The summed E-state index contributed by atoms with van der Waals surface area (Å²) in [4.78, 5) is 24.8. The maximum atomic E-state index is 13.0. The lowest BCUT2D eigenvalue weighted by Gasteiger charge is -2.16. The minimum atomic E-state index is -3.50. The molecule has 3 aromatic carbocycles. The van der Waals surface area contributed by atoms with Crippen LogP contribution in [-0.2, 0) is 25.6 Å². The zero-order chi connectivity index (χ0) is 28.3. The van der Waals surface area contributed by atoms with Gasteiger partial charge in [0.2, 0.25) is 0 Å². The van der Waals surface area contributed by atoms with Crippen LogP contribution in [0.15, 0.2) is 65.6 Å². The van der Waals surface area contributed by atoms with Gasteiger partial charge in [-0.15, -0.1) is 0 Å². The molecule has 2 atom stereocenters. The van der Waals surface area contributed by atoms with E-state index in [2.05, 4.69) is 16.9 Å². The third-order valence-electron chi connectivity index (χ3n) is 5.38. The zero-order valence-electron chi connectivity index (χ0n) is 20.1. The van der Waals surface area contributed by atoms with Crippen molar-refractivity contribution in [2.75, 3.05) is 12.9 Å². The fourth-order valence-electron chi connectivity index (χ4n) is 3.43. The third kappa shape index (κ3) is 7.40. The summed E-state index contributed by atoms with van der Waals surface area (Å²) in [6.45, 7) is 1.44. The molecule has 0 radical (unpaired) electrons. The van der Waals surface area contributed by atoms with Gasteiger partial charge >= 0.3 is 5.97 Å². The van der Waals surface area contributed by atoms with E-state index < -0.39 is 34.9 Å². The molecule has 0 heterocycles. The molecule has 0 aliphatic heterocycles. The molecule has 0 saturated heterocycles. The van der Waals surface area contributed by atoms with Crippen LogP contribution in [0, 0.1) is 11.6 Å². The number of aliphatic carboxylic acids is 1. The van der Waals surface area contributed by atoms with E-state index >= 15 is 0 Å². The first kappa shape index (κ1) is 29.3. The molecule has 3 N–H and O–H groups in total. The summed E-state index contributed by atoms with van der Waals surface area (Å²) >= 11 is 12.6. The van der Waals surface area contributed by atoms with Crippen LogP contribution in [0.25, 0.3) is 0 Å². The predicted octanol–water partition coefficient (Wildman–Crippen LogP) is 4.16. The summed E-state index contributed by atoms with van der Waals surface area (Å²) in [6, 6.07) is 13.0. The number of phenols is 1. The van der Waals surface area contributed by atoms with E-state index in [1.165, 1.54) is 49.1 Å². The molecule has 0 spiro atoms. The van der Waals surface area contributed by atoms with Crippen molar-refractivity contribution in [2.45, 2.75) is 17.4 Å². The molecule has 12 heteroatoms. The number of aromatic hydroxyl groups is 1. The van der Waals surface area contributed by atoms with Crippen LogP contribution < -0.4 is 10.6 Å². The van der Waals surface area contributed by atoms with Gasteiger partial charge in [0.1, 0.15) is 11.8 Å². The van der Waals surface area contributed by atoms with Gasteiger partial charge in [0.15, 0.2) is 17.0 Å². The Balaban J connectivity index is 1.84. The van der Waals surface area contributed by atoms with Crippen LogP contribution in [0.1, 0.15) is 21.5 Å². The van der Waals surface area contributed by atoms with Crippen LogP contribution in [-0.4, -0.2) is 49.5 Å². The SMILES string of the molecule is CP(=O)(C#Cc1cc(Cl)c(C(=O)NC(Cc2cccc(S(C)(=O)=O)c2)C(=O)O)c(Cl)c1)c1cccc(O)c1. The Kier molecular flexibility index (Phi) is 8.96. The zero-order valence-corrected chi connectivity index (χ0v) is 23.3. The molecule has 0 saturated carbocycles. The number of hydrogen-bond donors (Lipinski definition) is 3. The molecule has 2 unspecified atom stereocenters. The molecular formula is C26H22Cl2NO7PS. The number of nitrogens with one attached hydrogen (secondary N) is 1. The molecule has 0 fully saturated rings. The Hall–Kier alpha value is -3.28. The van der Waals surface area contributed by atoms with Gasteiger partial charge in [-0.3, -0.25) is 4.79 Å². The number of carbonyl (C=O) groups excluding carboxylic acids is 1. The molecule has 0 aromatic heterocycles. The Bertz CT molecular complexity index is 1620. The van der Waals surface area contributed by atoms with Gasteiger partial charge in [0.25, 0.3) is 5.91 Å². The topological polar surface area (TPSA) is 138 Å². The first-order valence-corrected chi connectivity index (χ1v) is 15.7. The normalized spacial score (nSPS) is 13.5. The summed E-state index contributed by atoms with van der Waals surface area (Å²) in [5.74, 6) is 0.477. The van der Waals surface area contributed by atoms with Crippen molar-refractivity contribution in [3.63, 3.8) is 0 Å². The van der Waals surface area contributed by atoms with Crippen molar-refractivity contribution in [3.05, 3.63) is 87.4 Å². The van der Waals surface area contributed by atoms with Crippen molar-refractivity contribution < 1.29 is 32.8 Å². The second-order valence-electron chi connectivity index (χ2n) is 8.48. The molecule has 0 aliphatic carbocycles. The van der Waals surface area contributed by atoms with Gasteiger partial charge in [0, 0.05) is 30.2 Å². The van der Waals surface area contributed by atoms with E-state index in [9.17, 15) is 32.8 Å². The maximum absolute atomic E-state index is 13.0. The Labute approximate surface area is 229 Å². The molecule has 8 nitrogen and oxygen atoms in total. The van der Waals surface area contributed by atoms with Gasteiger partial charge in [-0.05, 0) is 47.6 Å². The summed E-state index contributed by atoms with van der Waals surface area (Å²) in [5.41, 5.74) is 3.15. The highest BCUT2D eigenvalue weighted by Gasteiger charge is 2.25. The highest BCUT2D eigenvalue weighted by atomic mass is 35.5. The number of halogens is 2.